The molecule has 1 aromatic rings. The monoisotopic (exact) mass is 256 g/mol. The van der Waals surface area contributed by atoms with Gasteiger partial charge in [-0.1, -0.05) is 24.6 Å². The second-order valence-corrected chi connectivity index (χ2v) is 4.84. The summed E-state index contributed by atoms with van der Waals surface area (Å²) in [6, 6.07) is 6.18. The number of ether oxygens (including phenoxy) is 1. The Balaban J connectivity index is 2.65. The number of aryl methyl sites for hydroxylation is 1. The number of rotatable bonds is 6. The highest BCUT2D eigenvalue weighted by atomic mass is 35.5. The van der Waals surface area contributed by atoms with Crippen molar-refractivity contribution in [1.29, 1.82) is 0 Å². The zero-order valence-electron chi connectivity index (χ0n) is 9.70. The van der Waals surface area contributed by atoms with E-state index in [0.717, 1.165) is 11.5 Å². The smallest absolute Gasteiger partial charge is 0.120 e. The Hall–Kier alpha value is -0.600. The van der Waals surface area contributed by atoms with Gasteiger partial charge in [0.25, 0.3) is 0 Å². The average Bonchev–Trinajstić information content (AvgIpc) is 2.30. The predicted octanol–water partition coefficient (Wildman–Crippen LogP) is 4.63. The summed E-state index contributed by atoms with van der Waals surface area (Å²) >= 11 is 7.30. The van der Waals surface area contributed by atoms with Gasteiger partial charge in [-0.15, -0.1) is 11.8 Å². The van der Waals surface area contributed by atoms with E-state index in [4.69, 9.17) is 16.3 Å². The van der Waals surface area contributed by atoms with Gasteiger partial charge in [-0.2, -0.15) is 0 Å². The average molecular weight is 257 g/mol. The molecule has 0 spiro atoms. The summed E-state index contributed by atoms with van der Waals surface area (Å²) in [7, 11) is 0. The molecule has 0 radical (unpaired) electrons. The van der Waals surface area contributed by atoms with Crippen LogP contribution in [0.3, 0.4) is 0 Å². The first kappa shape index (κ1) is 13.5. The van der Waals surface area contributed by atoms with Crippen LogP contribution < -0.4 is 4.74 Å². The standard InChI is InChI=1S/C13H17ClOS/c1-3-9-16-13-10-12(6-5-11(13)2)15-8-4-7-14/h4-7,10H,3,8-9H2,1-2H3/b7-4+. The molecule has 1 nitrogen and oxygen atoms in total. The zero-order chi connectivity index (χ0) is 11.8. The van der Waals surface area contributed by atoms with E-state index in [9.17, 15) is 0 Å². The van der Waals surface area contributed by atoms with Crippen molar-refractivity contribution in [3.05, 3.63) is 35.4 Å². The van der Waals surface area contributed by atoms with Gasteiger partial charge in [0.05, 0.1) is 0 Å². The number of benzene rings is 1. The van der Waals surface area contributed by atoms with Crippen LogP contribution in [0.25, 0.3) is 0 Å². The molecule has 0 atom stereocenters. The first-order chi connectivity index (χ1) is 7.77. The van der Waals surface area contributed by atoms with Crippen LogP contribution in [0.1, 0.15) is 18.9 Å². The third-order valence-corrected chi connectivity index (χ3v) is 3.60. The van der Waals surface area contributed by atoms with Crippen LogP contribution in [0.15, 0.2) is 34.7 Å². The van der Waals surface area contributed by atoms with E-state index >= 15 is 0 Å². The maximum absolute atomic E-state index is 5.54. The van der Waals surface area contributed by atoms with Gasteiger partial charge in [-0.25, -0.2) is 0 Å². The molecule has 0 unspecified atom stereocenters. The number of hydrogen-bond acceptors (Lipinski definition) is 2. The van der Waals surface area contributed by atoms with E-state index in [1.54, 1.807) is 6.08 Å². The number of halogens is 1. The zero-order valence-corrected chi connectivity index (χ0v) is 11.3. The highest BCUT2D eigenvalue weighted by Gasteiger charge is 2.01. The van der Waals surface area contributed by atoms with E-state index in [2.05, 4.69) is 26.0 Å². The van der Waals surface area contributed by atoms with Gasteiger partial charge in [0.2, 0.25) is 0 Å². The Bertz CT molecular complexity index is 350. The van der Waals surface area contributed by atoms with Crippen molar-refractivity contribution in [2.75, 3.05) is 12.4 Å². The molecule has 3 heteroatoms. The normalized spacial score (nSPS) is 10.9. The minimum Gasteiger partial charge on any atom is -0.489 e. The molecule has 0 amide bonds. The molecule has 0 N–H and O–H groups in total. The molecule has 0 bridgehead atoms. The molecule has 0 saturated heterocycles. The van der Waals surface area contributed by atoms with Gasteiger partial charge in [0.15, 0.2) is 0 Å². The van der Waals surface area contributed by atoms with E-state index in [0.29, 0.717) is 6.61 Å². The van der Waals surface area contributed by atoms with Gasteiger partial charge in [0.1, 0.15) is 12.4 Å². The van der Waals surface area contributed by atoms with Gasteiger partial charge < -0.3 is 4.74 Å². The maximum atomic E-state index is 5.54. The fourth-order valence-corrected chi connectivity index (χ4v) is 2.21. The first-order valence-electron chi connectivity index (χ1n) is 5.39. The molecule has 0 aliphatic heterocycles. The fourth-order valence-electron chi connectivity index (χ4n) is 1.22. The molecular formula is C13H17ClOS. The molecule has 1 rings (SSSR count). The van der Waals surface area contributed by atoms with E-state index in [1.165, 1.54) is 22.4 Å². The van der Waals surface area contributed by atoms with E-state index in [-0.39, 0.29) is 0 Å². The molecule has 0 aliphatic carbocycles. The lowest BCUT2D eigenvalue weighted by Crippen LogP contribution is -1.93. The van der Waals surface area contributed by atoms with Crippen molar-refractivity contribution >= 4 is 23.4 Å². The van der Waals surface area contributed by atoms with Crippen molar-refractivity contribution in [2.45, 2.75) is 25.2 Å². The van der Waals surface area contributed by atoms with Crippen LogP contribution in [0.2, 0.25) is 0 Å². The van der Waals surface area contributed by atoms with Gasteiger partial charge in [0, 0.05) is 10.4 Å². The Kier molecular flexibility index (Phi) is 6.43. The number of thioether (sulfide) groups is 1. The Morgan fingerprint density at radius 1 is 1.44 bits per heavy atom. The summed E-state index contributed by atoms with van der Waals surface area (Å²) in [6.07, 6.45) is 2.96. The van der Waals surface area contributed by atoms with Crippen molar-refractivity contribution in [2.24, 2.45) is 0 Å². The second kappa shape index (κ2) is 7.64. The van der Waals surface area contributed by atoms with E-state index in [1.807, 2.05) is 17.8 Å². The second-order valence-electron chi connectivity index (χ2n) is 3.45. The number of hydrogen-bond donors (Lipinski definition) is 0. The van der Waals surface area contributed by atoms with Crippen LogP contribution in [0.5, 0.6) is 5.75 Å². The largest absolute Gasteiger partial charge is 0.489 e. The van der Waals surface area contributed by atoms with Crippen LogP contribution in [-0.2, 0) is 0 Å². The fraction of sp³-hybridized carbons (Fsp3) is 0.385. The maximum Gasteiger partial charge on any atom is 0.120 e. The highest BCUT2D eigenvalue weighted by Crippen LogP contribution is 2.27. The molecule has 0 aliphatic rings. The Labute approximate surface area is 107 Å². The molecule has 0 saturated carbocycles. The van der Waals surface area contributed by atoms with Gasteiger partial charge in [-0.05, 0) is 42.9 Å². The lowest BCUT2D eigenvalue weighted by Gasteiger charge is -2.08. The van der Waals surface area contributed by atoms with Crippen molar-refractivity contribution < 1.29 is 4.74 Å². The van der Waals surface area contributed by atoms with E-state index < -0.39 is 0 Å². The molecule has 0 aromatic heterocycles. The highest BCUT2D eigenvalue weighted by molar-refractivity contribution is 7.99. The minimum absolute atomic E-state index is 0.518. The lowest BCUT2D eigenvalue weighted by molar-refractivity contribution is 0.362. The molecule has 1 aromatic carbocycles. The van der Waals surface area contributed by atoms with Crippen LogP contribution >= 0.6 is 23.4 Å². The Morgan fingerprint density at radius 2 is 2.25 bits per heavy atom. The summed E-state index contributed by atoms with van der Waals surface area (Å²) in [6.45, 7) is 4.83. The van der Waals surface area contributed by atoms with Crippen molar-refractivity contribution in [1.82, 2.24) is 0 Å². The van der Waals surface area contributed by atoms with Crippen molar-refractivity contribution in [3.8, 4) is 5.75 Å². The summed E-state index contributed by atoms with van der Waals surface area (Å²) < 4.78 is 5.54. The molecule has 16 heavy (non-hydrogen) atoms. The third-order valence-electron chi connectivity index (χ3n) is 2.06. The first-order valence-corrected chi connectivity index (χ1v) is 6.81. The SMILES string of the molecule is CCCSc1cc(OC/C=C/Cl)ccc1C. The summed E-state index contributed by atoms with van der Waals surface area (Å²) in [5.74, 6) is 2.05. The predicted molar refractivity (Wildman–Crippen MR) is 72.7 cm³/mol. The summed E-state index contributed by atoms with van der Waals surface area (Å²) in [4.78, 5) is 1.30. The molecular weight excluding hydrogens is 240 g/mol. The third kappa shape index (κ3) is 4.50. The molecule has 0 fully saturated rings. The Morgan fingerprint density at radius 3 is 2.94 bits per heavy atom. The topological polar surface area (TPSA) is 9.23 Å². The van der Waals surface area contributed by atoms with Crippen LogP contribution in [0, 0.1) is 6.92 Å². The summed E-state index contributed by atoms with van der Waals surface area (Å²) in [5.41, 5.74) is 2.78. The van der Waals surface area contributed by atoms with Crippen LogP contribution in [0.4, 0.5) is 0 Å². The lowest BCUT2D eigenvalue weighted by atomic mass is 10.2. The molecule has 0 heterocycles. The van der Waals surface area contributed by atoms with Gasteiger partial charge in [-0.3, -0.25) is 0 Å². The van der Waals surface area contributed by atoms with Gasteiger partial charge >= 0.3 is 0 Å². The molecule has 88 valence electrons. The van der Waals surface area contributed by atoms with Crippen molar-refractivity contribution in [3.63, 3.8) is 0 Å². The minimum atomic E-state index is 0.518. The van der Waals surface area contributed by atoms with Crippen LogP contribution in [-0.4, -0.2) is 12.4 Å². The quantitative estimate of drug-likeness (QED) is 0.687. The summed E-state index contributed by atoms with van der Waals surface area (Å²) in [5, 5.41) is 0.